The van der Waals surface area contributed by atoms with Crippen LogP contribution >= 0.6 is 38.9 Å². The van der Waals surface area contributed by atoms with Gasteiger partial charge in [-0.2, -0.15) is 0 Å². The molecule has 1 aromatic heterocycles. The summed E-state index contributed by atoms with van der Waals surface area (Å²) in [6.07, 6.45) is 5.78. The van der Waals surface area contributed by atoms with Crippen LogP contribution in [0.15, 0.2) is 10.5 Å². The molecule has 52 valence electrons. The van der Waals surface area contributed by atoms with Crippen LogP contribution in [0.3, 0.4) is 0 Å². The molecule has 0 saturated carbocycles. The molecule has 0 atom stereocenters. The van der Waals surface area contributed by atoms with Crippen molar-refractivity contribution in [3.63, 3.8) is 0 Å². The maximum absolute atomic E-state index is 5.77. The summed E-state index contributed by atoms with van der Waals surface area (Å²) in [4.78, 5) is 1.12. The van der Waals surface area contributed by atoms with E-state index in [9.17, 15) is 0 Å². The molecule has 0 fully saturated rings. The van der Waals surface area contributed by atoms with Crippen LogP contribution in [0, 0.1) is 12.3 Å². The highest BCUT2D eigenvalue weighted by atomic mass is 79.9. The zero-order chi connectivity index (χ0) is 7.56. The number of hydrogen-bond donors (Lipinski definition) is 0. The third kappa shape index (κ3) is 1.76. The molecule has 0 saturated heterocycles. The maximum Gasteiger partial charge on any atom is 0.107 e. The minimum Gasteiger partial charge on any atom is -0.126 e. The second-order valence-electron chi connectivity index (χ2n) is 1.72. The Hall–Kier alpha value is 0.0300. The Labute approximate surface area is 77.3 Å². The Bertz CT molecular complexity index is 252. The van der Waals surface area contributed by atoms with Crippen LogP contribution in [0.5, 0.6) is 0 Å². The normalized spacial score (nSPS) is 9.30. The molecule has 0 aliphatic carbocycles. The van der Waals surface area contributed by atoms with E-state index >= 15 is 0 Å². The Kier molecular flexibility index (Phi) is 2.79. The molecule has 0 aliphatic rings. The number of rotatable bonds is 1. The van der Waals surface area contributed by atoms with Gasteiger partial charge in [-0.3, -0.25) is 0 Å². The summed E-state index contributed by atoms with van der Waals surface area (Å²) in [5.41, 5.74) is 0. The molecule has 1 heterocycles. The van der Waals surface area contributed by atoms with Crippen molar-refractivity contribution in [3.05, 3.63) is 19.8 Å². The van der Waals surface area contributed by atoms with Gasteiger partial charge >= 0.3 is 0 Å². The van der Waals surface area contributed by atoms with Gasteiger partial charge in [0.25, 0.3) is 0 Å². The molecule has 0 bridgehead atoms. The first-order chi connectivity index (χ1) is 4.74. The van der Waals surface area contributed by atoms with Crippen LogP contribution in [0.1, 0.15) is 4.88 Å². The molecular weight excluding hydrogens is 232 g/mol. The second-order valence-corrected chi connectivity index (χ2v) is 4.31. The van der Waals surface area contributed by atoms with Gasteiger partial charge in [0, 0.05) is 15.8 Å². The van der Waals surface area contributed by atoms with Gasteiger partial charge < -0.3 is 0 Å². The zero-order valence-corrected chi connectivity index (χ0v) is 8.18. The van der Waals surface area contributed by atoms with Crippen LogP contribution < -0.4 is 0 Å². The van der Waals surface area contributed by atoms with E-state index in [1.807, 2.05) is 6.07 Å². The lowest BCUT2D eigenvalue weighted by Gasteiger charge is -1.79. The largest absolute Gasteiger partial charge is 0.126 e. The van der Waals surface area contributed by atoms with Gasteiger partial charge in [0.1, 0.15) is 4.34 Å². The Morgan fingerprint density at radius 3 is 2.90 bits per heavy atom. The molecule has 1 aromatic rings. The lowest BCUT2D eigenvalue weighted by molar-refractivity contribution is 1.41. The lowest BCUT2D eigenvalue weighted by Crippen LogP contribution is -1.68. The highest BCUT2D eigenvalue weighted by Crippen LogP contribution is 2.31. The summed E-state index contributed by atoms with van der Waals surface area (Å²) in [6, 6.07) is 1.95. The van der Waals surface area contributed by atoms with Gasteiger partial charge in [-0.25, -0.2) is 0 Å². The van der Waals surface area contributed by atoms with E-state index < -0.39 is 0 Å². The van der Waals surface area contributed by atoms with Crippen molar-refractivity contribution in [1.29, 1.82) is 0 Å². The fraction of sp³-hybridized carbons (Fsp3) is 0.143. The smallest absolute Gasteiger partial charge is 0.107 e. The summed E-state index contributed by atoms with van der Waals surface area (Å²) in [5, 5.41) is 0. The SMILES string of the molecule is C#CCc1cc(Br)c(Cl)s1. The maximum atomic E-state index is 5.77. The quantitative estimate of drug-likeness (QED) is 0.655. The standard InChI is InChI=1S/C7H4BrClS/c1-2-3-5-4-6(8)7(9)10-5/h1,4H,3H2. The highest BCUT2D eigenvalue weighted by Gasteiger charge is 2.01. The van der Waals surface area contributed by atoms with Crippen molar-refractivity contribution >= 4 is 38.9 Å². The molecule has 0 nitrogen and oxygen atoms in total. The van der Waals surface area contributed by atoms with Crippen molar-refractivity contribution in [2.75, 3.05) is 0 Å². The molecule has 0 aliphatic heterocycles. The first-order valence-corrected chi connectivity index (χ1v) is 4.60. The molecule has 1 rings (SSSR count). The van der Waals surface area contributed by atoms with Crippen molar-refractivity contribution < 1.29 is 0 Å². The van der Waals surface area contributed by atoms with Crippen molar-refractivity contribution in [2.45, 2.75) is 6.42 Å². The lowest BCUT2D eigenvalue weighted by atomic mass is 10.4. The van der Waals surface area contributed by atoms with Crippen LogP contribution in [-0.2, 0) is 6.42 Å². The average Bonchev–Trinajstić information content (AvgIpc) is 2.14. The van der Waals surface area contributed by atoms with Crippen LogP contribution in [0.2, 0.25) is 4.34 Å². The number of terminal acetylenes is 1. The van der Waals surface area contributed by atoms with Crippen LogP contribution in [-0.4, -0.2) is 0 Å². The van der Waals surface area contributed by atoms with E-state index in [0.717, 1.165) is 13.7 Å². The Morgan fingerprint density at radius 1 is 1.80 bits per heavy atom. The topological polar surface area (TPSA) is 0 Å². The van der Waals surface area contributed by atoms with E-state index in [0.29, 0.717) is 6.42 Å². The van der Waals surface area contributed by atoms with Crippen molar-refractivity contribution in [2.24, 2.45) is 0 Å². The summed E-state index contributed by atoms with van der Waals surface area (Å²) in [5.74, 6) is 2.56. The van der Waals surface area contributed by atoms with Crippen LogP contribution in [0.25, 0.3) is 0 Å². The predicted octanol–water partition coefficient (Wildman–Crippen LogP) is 3.34. The fourth-order valence-electron chi connectivity index (χ4n) is 0.579. The molecule has 0 aromatic carbocycles. The van der Waals surface area contributed by atoms with Gasteiger partial charge in [-0.15, -0.1) is 23.7 Å². The minimum atomic E-state index is 0.663. The summed E-state index contributed by atoms with van der Waals surface area (Å²) >= 11 is 10.6. The summed E-state index contributed by atoms with van der Waals surface area (Å²) < 4.78 is 1.70. The fourth-order valence-corrected chi connectivity index (χ4v) is 2.32. The Morgan fingerprint density at radius 2 is 2.50 bits per heavy atom. The van der Waals surface area contributed by atoms with E-state index in [1.54, 1.807) is 0 Å². The molecular formula is C7H4BrClS. The molecule has 3 heteroatoms. The molecule has 0 amide bonds. The van der Waals surface area contributed by atoms with Crippen molar-refractivity contribution in [1.82, 2.24) is 0 Å². The van der Waals surface area contributed by atoms with E-state index in [2.05, 4.69) is 21.9 Å². The molecule has 10 heavy (non-hydrogen) atoms. The van der Waals surface area contributed by atoms with Gasteiger partial charge in [0.15, 0.2) is 0 Å². The average molecular weight is 236 g/mol. The third-order valence-electron chi connectivity index (χ3n) is 0.972. The monoisotopic (exact) mass is 234 g/mol. The first-order valence-electron chi connectivity index (χ1n) is 2.61. The van der Waals surface area contributed by atoms with Crippen LogP contribution in [0.4, 0.5) is 0 Å². The summed E-state index contributed by atoms with van der Waals surface area (Å²) in [6.45, 7) is 0. The van der Waals surface area contributed by atoms with Gasteiger partial charge in [0.05, 0.1) is 0 Å². The highest BCUT2D eigenvalue weighted by molar-refractivity contribution is 9.10. The van der Waals surface area contributed by atoms with E-state index in [-0.39, 0.29) is 0 Å². The van der Waals surface area contributed by atoms with E-state index in [4.69, 9.17) is 18.0 Å². The minimum absolute atomic E-state index is 0.663. The van der Waals surface area contributed by atoms with E-state index in [1.165, 1.54) is 11.3 Å². The van der Waals surface area contributed by atoms with Crippen molar-refractivity contribution in [3.8, 4) is 12.3 Å². The molecule has 0 unspecified atom stereocenters. The zero-order valence-electron chi connectivity index (χ0n) is 5.03. The predicted molar refractivity (Wildman–Crippen MR) is 49.6 cm³/mol. The summed E-state index contributed by atoms with van der Waals surface area (Å²) in [7, 11) is 0. The van der Waals surface area contributed by atoms with Gasteiger partial charge in [-0.05, 0) is 22.0 Å². The van der Waals surface area contributed by atoms with Gasteiger partial charge in [0.2, 0.25) is 0 Å². The molecule has 0 spiro atoms. The second kappa shape index (κ2) is 3.43. The Balaban J connectivity index is 2.90. The first kappa shape index (κ1) is 8.13. The number of halogens is 2. The number of hydrogen-bond acceptors (Lipinski definition) is 1. The van der Waals surface area contributed by atoms with Gasteiger partial charge in [-0.1, -0.05) is 11.6 Å². The third-order valence-corrected chi connectivity index (χ3v) is 3.45. The number of thiophene rings is 1. The molecule has 0 radical (unpaired) electrons. The molecule has 0 N–H and O–H groups in total.